The Morgan fingerprint density at radius 3 is 2.24 bits per heavy atom. The molecule has 38 heavy (non-hydrogen) atoms. The first kappa shape index (κ1) is 26.7. The Bertz CT molecular complexity index is 1480. The van der Waals surface area contributed by atoms with Crippen LogP contribution >= 0.6 is 23.2 Å². The number of halogens is 2. The highest BCUT2D eigenvalue weighted by atomic mass is 35.5. The lowest BCUT2D eigenvalue weighted by Gasteiger charge is -2.17. The number of methoxy groups -OCH3 is 2. The van der Waals surface area contributed by atoms with Crippen LogP contribution in [0.25, 0.3) is 11.3 Å². The van der Waals surface area contributed by atoms with Crippen LogP contribution in [-0.4, -0.2) is 35.1 Å². The maximum atomic E-state index is 12.2. The average molecular weight is 551 g/mol. The van der Waals surface area contributed by atoms with E-state index in [1.54, 1.807) is 37.4 Å². The van der Waals surface area contributed by atoms with Crippen LogP contribution in [0.4, 0.5) is 28.7 Å². The number of benzene rings is 2. The van der Waals surface area contributed by atoms with Crippen molar-refractivity contribution < 1.29 is 14.3 Å². The molecule has 11 heteroatoms. The highest BCUT2D eigenvalue weighted by Gasteiger charge is 2.19. The van der Waals surface area contributed by atoms with Crippen molar-refractivity contribution in [1.82, 2.24) is 15.0 Å². The highest BCUT2D eigenvalue weighted by molar-refractivity contribution is 6.41. The Kier molecular flexibility index (Phi) is 8.30. The Labute approximate surface area is 229 Å². The van der Waals surface area contributed by atoms with Gasteiger partial charge in [0.15, 0.2) is 0 Å². The number of anilines is 5. The number of rotatable bonds is 9. The normalized spacial score (nSPS) is 10.4. The molecule has 0 aliphatic rings. The number of amides is 1. The molecule has 0 saturated heterocycles. The fourth-order valence-electron chi connectivity index (χ4n) is 3.47. The Hall–Kier alpha value is -4.34. The molecule has 0 saturated carbocycles. The minimum absolute atomic E-state index is 0.272. The summed E-state index contributed by atoms with van der Waals surface area (Å²) >= 11 is 13.1. The van der Waals surface area contributed by atoms with Gasteiger partial charge in [0.05, 0.1) is 37.0 Å². The number of pyridine rings is 1. The van der Waals surface area contributed by atoms with Crippen LogP contribution in [0.15, 0.2) is 73.2 Å². The third-order valence-electron chi connectivity index (χ3n) is 5.39. The lowest BCUT2D eigenvalue weighted by molar-refractivity contribution is -0.112. The summed E-state index contributed by atoms with van der Waals surface area (Å²) in [6.07, 6.45) is 3.06. The number of para-hydroxylation sites is 2. The lowest BCUT2D eigenvalue weighted by atomic mass is 10.1. The van der Waals surface area contributed by atoms with Gasteiger partial charge in [0.1, 0.15) is 39.5 Å². The fourth-order valence-corrected chi connectivity index (χ4v) is 4.06. The number of ether oxygens (including phenoxy) is 2. The van der Waals surface area contributed by atoms with E-state index in [-0.39, 0.29) is 16.0 Å². The molecule has 2 aromatic heterocycles. The third kappa shape index (κ3) is 5.80. The van der Waals surface area contributed by atoms with Gasteiger partial charge in [0.25, 0.3) is 5.91 Å². The van der Waals surface area contributed by atoms with Crippen molar-refractivity contribution in [2.24, 2.45) is 0 Å². The monoisotopic (exact) mass is 550 g/mol. The molecule has 194 valence electrons. The molecule has 0 unspecified atom stereocenters. The third-order valence-corrected chi connectivity index (χ3v) is 6.14. The van der Waals surface area contributed by atoms with E-state index in [0.29, 0.717) is 57.0 Å². The van der Waals surface area contributed by atoms with E-state index in [1.165, 1.54) is 20.5 Å². The van der Waals surface area contributed by atoms with E-state index in [1.807, 2.05) is 24.3 Å². The van der Waals surface area contributed by atoms with Gasteiger partial charge in [-0.15, -0.1) is 0 Å². The number of hydrogen-bond donors (Lipinski definition) is 3. The minimum atomic E-state index is -0.278. The van der Waals surface area contributed by atoms with Crippen LogP contribution in [0.2, 0.25) is 10.0 Å². The molecule has 4 aromatic rings. The molecule has 0 spiro atoms. The van der Waals surface area contributed by atoms with Gasteiger partial charge in [-0.25, -0.2) is 15.0 Å². The summed E-state index contributed by atoms with van der Waals surface area (Å²) in [7, 11) is 3.00. The topological polar surface area (TPSA) is 110 Å². The molecular formula is C27H24Cl2N6O3. The van der Waals surface area contributed by atoms with E-state index in [4.69, 9.17) is 32.7 Å². The molecule has 2 aromatic carbocycles. The fraction of sp³-hybridized carbons (Fsp3) is 0.111. The molecule has 0 aliphatic heterocycles. The second kappa shape index (κ2) is 11.8. The molecular weight excluding hydrogens is 527 g/mol. The van der Waals surface area contributed by atoms with Gasteiger partial charge in [-0.3, -0.25) is 4.79 Å². The number of aromatic nitrogens is 3. The van der Waals surface area contributed by atoms with E-state index >= 15 is 0 Å². The zero-order valence-electron chi connectivity index (χ0n) is 20.8. The molecule has 2 heterocycles. The van der Waals surface area contributed by atoms with Crippen molar-refractivity contribution in [3.05, 3.63) is 83.3 Å². The summed E-state index contributed by atoms with van der Waals surface area (Å²) in [4.78, 5) is 25.4. The standard InChI is InChI=1S/C27H24Cl2N6O3/c1-15(2)27(36)34-18-10-6-5-9-17(18)33-22-12-19(31-14-32-22)16-8-7-11-30-26(16)35-25-23(28)20(37-3)13-21(38-4)24(25)29/h5-14H,1H2,2-4H3,(H,30,35)(H,34,36)(H,31,32,33). The van der Waals surface area contributed by atoms with Gasteiger partial charge in [0.2, 0.25) is 0 Å². The van der Waals surface area contributed by atoms with Gasteiger partial charge >= 0.3 is 0 Å². The summed E-state index contributed by atoms with van der Waals surface area (Å²) in [5.74, 6) is 1.45. The van der Waals surface area contributed by atoms with Crippen molar-refractivity contribution in [2.75, 3.05) is 30.2 Å². The van der Waals surface area contributed by atoms with Crippen molar-refractivity contribution >= 4 is 57.8 Å². The van der Waals surface area contributed by atoms with Crippen molar-refractivity contribution in [3.63, 3.8) is 0 Å². The summed E-state index contributed by atoms with van der Waals surface area (Å²) in [5, 5.41) is 9.80. The predicted octanol–water partition coefficient (Wildman–Crippen LogP) is 6.86. The van der Waals surface area contributed by atoms with Crippen LogP contribution in [0, 0.1) is 0 Å². The maximum Gasteiger partial charge on any atom is 0.250 e. The first-order chi connectivity index (χ1) is 18.3. The van der Waals surface area contributed by atoms with Gasteiger partial charge in [-0.1, -0.05) is 41.9 Å². The van der Waals surface area contributed by atoms with Gasteiger partial charge in [0, 0.05) is 29.5 Å². The first-order valence-electron chi connectivity index (χ1n) is 11.3. The first-order valence-corrected chi connectivity index (χ1v) is 12.0. The Morgan fingerprint density at radius 2 is 1.58 bits per heavy atom. The molecule has 3 N–H and O–H groups in total. The zero-order chi connectivity index (χ0) is 27.2. The van der Waals surface area contributed by atoms with Crippen molar-refractivity contribution in [2.45, 2.75) is 6.92 Å². The largest absolute Gasteiger partial charge is 0.495 e. The van der Waals surface area contributed by atoms with Crippen LogP contribution < -0.4 is 25.4 Å². The van der Waals surface area contributed by atoms with Crippen LogP contribution in [0.3, 0.4) is 0 Å². The summed E-state index contributed by atoms with van der Waals surface area (Å²) in [5.41, 5.74) is 3.24. The van der Waals surface area contributed by atoms with Gasteiger partial charge in [-0.2, -0.15) is 0 Å². The number of carbonyl (C=O) groups is 1. The summed E-state index contributed by atoms with van der Waals surface area (Å²) < 4.78 is 10.7. The van der Waals surface area contributed by atoms with Crippen molar-refractivity contribution in [3.8, 4) is 22.8 Å². The zero-order valence-corrected chi connectivity index (χ0v) is 22.3. The molecule has 0 radical (unpaired) electrons. The SMILES string of the molecule is C=C(C)C(=O)Nc1ccccc1Nc1cc(-c2cccnc2Nc2c(Cl)c(OC)cc(OC)c2Cl)ncn1. The lowest BCUT2D eigenvalue weighted by Crippen LogP contribution is -2.13. The molecule has 4 rings (SSSR count). The summed E-state index contributed by atoms with van der Waals surface area (Å²) in [6, 6.07) is 14.3. The number of hydrogen-bond acceptors (Lipinski definition) is 8. The number of nitrogens with zero attached hydrogens (tertiary/aromatic N) is 3. The maximum absolute atomic E-state index is 12.2. The molecule has 0 aliphatic carbocycles. The molecule has 0 fully saturated rings. The molecule has 0 atom stereocenters. The molecule has 0 bridgehead atoms. The number of nitrogens with one attached hydrogen (secondary N) is 3. The van der Waals surface area contributed by atoms with Crippen LogP contribution in [0.5, 0.6) is 11.5 Å². The van der Waals surface area contributed by atoms with E-state index < -0.39 is 0 Å². The van der Waals surface area contributed by atoms with E-state index in [2.05, 4.69) is 37.5 Å². The average Bonchev–Trinajstić information content (AvgIpc) is 2.92. The van der Waals surface area contributed by atoms with Gasteiger partial charge in [-0.05, 0) is 31.2 Å². The molecule has 9 nitrogen and oxygen atoms in total. The number of carbonyl (C=O) groups excluding carboxylic acids is 1. The Balaban J connectivity index is 1.68. The van der Waals surface area contributed by atoms with E-state index in [9.17, 15) is 4.79 Å². The van der Waals surface area contributed by atoms with Gasteiger partial charge < -0.3 is 25.4 Å². The summed E-state index contributed by atoms with van der Waals surface area (Å²) in [6.45, 7) is 5.33. The van der Waals surface area contributed by atoms with E-state index in [0.717, 1.165) is 0 Å². The smallest absolute Gasteiger partial charge is 0.250 e. The minimum Gasteiger partial charge on any atom is -0.495 e. The Morgan fingerprint density at radius 1 is 0.895 bits per heavy atom. The van der Waals surface area contributed by atoms with Crippen LogP contribution in [-0.2, 0) is 4.79 Å². The predicted molar refractivity (Wildman–Crippen MR) is 151 cm³/mol. The second-order valence-corrected chi connectivity index (χ2v) is 8.76. The highest BCUT2D eigenvalue weighted by Crippen LogP contribution is 2.45. The van der Waals surface area contributed by atoms with Crippen molar-refractivity contribution in [1.29, 1.82) is 0 Å². The van der Waals surface area contributed by atoms with Crippen LogP contribution in [0.1, 0.15) is 6.92 Å². The quantitative estimate of drug-likeness (QED) is 0.194. The second-order valence-electron chi connectivity index (χ2n) is 8.00. The molecule has 1 amide bonds.